The first-order valence-corrected chi connectivity index (χ1v) is 11.1. The Labute approximate surface area is 192 Å². The Morgan fingerprint density at radius 3 is 2.53 bits per heavy atom. The van der Waals surface area contributed by atoms with Crippen LogP contribution in [0.4, 0.5) is 18.9 Å². The average Bonchev–Trinajstić information content (AvgIpc) is 3.50. The van der Waals surface area contributed by atoms with Crippen molar-refractivity contribution >= 4 is 16.7 Å². The third-order valence-electron chi connectivity index (χ3n) is 6.46. The van der Waals surface area contributed by atoms with Crippen LogP contribution < -0.4 is 9.64 Å². The van der Waals surface area contributed by atoms with E-state index in [-0.39, 0.29) is 35.9 Å². The largest absolute Gasteiger partial charge is 0.468 e. The van der Waals surface area contributed by atoms with Gasteiger partial charge in [-0.25, -0.2) is 13.8 Å². The smallest absolute Gasteiger partial charge is 0.231 e. The number of nitrogens with one attached hydrogen (secondary N) is 1. The van der Waals surface area contributed by atoms with Crippen LogP contribution in [0.3, 0.4) is 0 Å². The second-order valence-electron chi connectivity index (χ2n) is 8.56. The number of anilines is 1. The van der Waals surface area contributed by atoms with Crippen LogP contribution in [0.25, 0.3) is 22.3 Å². The monoisotopic (exact) mass is 477 g/mol. The zero-order chi connectivity index (χ0) is 23.4. The Bertz CT molecular complexity index is 1210. The number of hydrogen-bond donors (Lipinski definition) is 2. The molecule has 4 atom stereocenters. The van der Waals surface area contributed by atoms with Gasteiger partial charge in [0.15, 0.2) is 6.10 Å². The molecule has 0 amide bonds. The minimum absolute atomic E-state index is 0.0352. The number of aliphatic hydroxyl groups excluding tert-OH is 1. The maximum Gasteiger partial charge on any atom is 0.231 e. The van der Waals surface area contributed by atoms with Gasteiger partial charge in [0, 0.05) is 18.8 Å². The Morgan fingerprint density at radius 1 is 1.03 bits per heavy atom. The summed E-state index contributed by atoms with van der Waals surface area (Å²) in [5, 5.41) is 9.86. The SMILES string of the molecule is O[C@@H]1COC2C1OC[C@H]2Oc1[nH]c2ccc(-c3c(F)cc(N4CCOCC4)cc3F)nc2c1F. The van der Waals surface area contributed by atoms with Gasteiger partial charge in [-0.15, -0.1) is 0 Å². The van der Waals surface area contributed by atoms with Gasteiger partial charge in [0.1, 0.15) is 35.5 Å². The van der Waals surface area contributed by atoms with Crippen molar-refractivity contribution in [1.29, 1.82) is 0 Å². The first kappa shape index (κ1) is 21.7. The van der Waals surface area contributed by atoms with Crippen molar-refractivity contribution in [2.75, 3.05) is 44.4 Å². The molecule has 6 rings (SSSR count). The fourth-order valence-corrected chi connectivity index (χ4v) is 4.74. The predicted octanol–water partition coefficient (Wildman–Crippen LogP) is 2.39. The minimum Gasteiger partial charge on any atom is -0.468 e. The van der Waals surface area contributed by atoms with Crippen LogP contribution in [-0.4, -0.2) is 79.0 Å². The van der Waals surface area contributed by atoms with Crippen LogP contribution in [0.5, 0.6) is 5.88 Å². The number of benzene rings is 1. The molecule has 3 saturated heterocycles. The molecule has 1 aromatic carbocycles. The van der Waals surface area contributed by atoms with Crippen LogP contribution in [0.15, 0.2) is 24.3 Å². The molecule has 180 valence electrons. The number of pyridine rings is 1. The maximum absolute atomic E-state index is 15.2. The quantitative estimate of drug-likeness (QED) is 0.597. The summed E-state index contributed by atoms with van der Waals surface area (Å²) in [5.41, 5.74) is 0.258. The van der Waals surface area contributed by atoms with Gasteiger partial charge in [-0.3, -0.25) is 0 Å². The van der Waals surface area contributed by atoms with Crippen LogP contribution in [0, 0.1) is 17.5 Å². The lowest BCUT2D eigenvalue weighted by molar-refractivity contribution is 0.00723. The maximum atomic E-state index is 15.2. The number of ether oxygens (including phenoxy) is 4. The summed E-state index contributed by atoms with van der Waals surface area (Å²) >= 11 is 0. The van der Waals surface area contributed by atoms with E-state index < -0.39 is 41.9 Å². The highest BCUT2D eigenvalue weighted by atomic mass is 19.1. The zero-order valence-corrected chi connectivity index (χ0v) is 18.0. The van der Waals surface area contributed by atoms with Gasteiger partial charge in [0.2, 0.25) is 11.7 Å². The van der Waals surface area contributed by atoms with Crippen LogP contribution in [0.1, 0.15) is 0 Å². The van der Waals surface area contributed by atoms with Crippen LogP contribution >= 0.6 is 0 Å². The van der Waals surface area contributed by atoms with E-state index >= 15 is 4.39 Å². The van der Waals surface area contributed by atoms with Gasteiger partial charge in [-0.1, -0.05) is 0 Å². The van der Waals surface area contributed by atoms with Gasteiger partial charge in [-0.05, 0) is 24.3 Å². The van der Waals surface area contributed by atoms with Crippen LogP contribution in [-0.2, 0) is 14.2 Å². The van der Waals surface area contributed by atoms with E-state index in [0.29, 0.717) is 37.5 Å². The molecule has 0 radical (unpaired) electrons. The van der Waals surface area contributed by atoms with Gasteiger partial charge in [0.25, 0.3) is 0 Å². The zero-order valence-electron chi connectivity index (χ0n) is 18.0. The molecule has 2 aromatic heterocycles. The summed E-state index contributed by atoms with van der Waals surface area (Å²) in [7, 11) is 0. The Balaban J connectivity index is 1.29. The van der Waals surface area contributed by atoms with E-state index in [2.05, 4.69) is 9.97 Å². The molecule has 0 spiro atoms. The Kier molecular flexibility index (Phi) is 5.36. The lowest BCUT2D eigenvalue weighted by Gasteiger charge is -2.29. The molecule has 3 aliphatic heterocycles. The summed E-state index contributed by atoms with van der Waals surface area (Å²) < 4.78 is 67.1. The second kappa shape index (κ2) is 8.42. The highest BCUT2D eigenvalue weighted by molar-refractivity contribution is 5.81. The number of fused-ring (bicyclic) bond motifs is 2. The van der Waals surface area contributed by atoms with Crippen molar-refractivity contribution in [1.82, 2.24) is 9.97 Å². The standard InChI is InChI=1S/C23H22F3N3O5/c24-12-7-11(29-3-5-31-6-4-29)8-13(25)18(12)14-1-2-15-20(27-14)19(26)23(28-15)34-17-10-33-21-16(30)9-32-22(17)21/h1-2,7-8,16-17,21-22,28,30H,3-6,9-10H2/t16-,17-,21?,22?/m1/s1. The van der Waals surface area contributed by atoms with E-state index in [1.807, 2.05) is 4.90 Å². The fraction of sp³-hybridized carbons (Fsp3) is 0.435. The van der Waals surface area contributed by atoms with Crippen LogP contribution in [0.2, 0.25) is 0 Å². The number of aromatic amines is 1. The molecular formula is C23H22F3N3O5. The van der Waals surface area contributed by atoms with Gasteiger partial charge in [0.05, 0.1) is 43.2 Å². The number of rotatable bonds is 4. The van der Waals surface area contributed by atoms with Crippen molar-refractivity contribution in [3.05, 3.63) is 41.7 Å². The number of morpholine rings is 1. The second-order valence-corrected chi connectivity index (χ2v) is 8.56. The van der Waals surface area contributed by atoms with Gasteiger partial charge >= 0.3 is 0 Å². The number of aliphatic hydroxyl groups is 1. The number of nitrogens with zero attached hydrogens (tertiary/aromatic N) is 2. The molecule has 11 heteroatoms. The predicted molar refractivity (Wildman–Crippen MR) is 114 cm³/mol. The lowest BCUT2D eigenvalue weighted by Crippen LogP contribution is -2.36. The summed E-state index contributed by atoms with van der Waals surface area (Å²) in [5.74, 6) is -2.54. The highest BCUT2D eigenvalue weighted by Crippen LogP contribution is 2.35. The number of halogens is 3. The highest BCUT2D eigenvalue weighted by Gasteiger charge is 2.48. The molecule has 3 fully saturated rings. The third-order valence-corrected chi connectivity index (χ3v) is 6.46. The number of hydrogen-bond acceptors (Lipinski definition) is 7. The van der Waals surface area contributed by atoms with E-state index in [0.717, 1.165) is 0 Å². The summed E-state index contributed by atoms with van der Waals surface area (Å²) in [4.78, 5) is 8.83. The molecule has 2 N–H and O–H groups in total. The number of aromatic nitrogens is 2. The van der Waals surface area contributed by atoms with E-state index in [4.69, 9.17) is 18.9 Å². The first-order valence-electron chi connectivity index (χ1n) is 11.1. The molecular weight excluding hydrogens is 455 g/mol. The molecule has 0 bridgehead atoms. The average molecular weight is 477 g/mol. The molecule has 0 saturated carbocycles. The fourth-order valence-electron chi connectivity index (χ4n) is 4.74. The normalized spacial score (nSPS) is 26.9. The molecule has 34 heavy (non-hydrogen) atoms. The first-order chi connectivity index (χ1) is 16.5. The van der Waals surface area contributed by atoms with E-state index in [9.17, 15) is 13.9 Å². The summed E-state index contributed by atoms with van der Waals surface area (Å²) in [6.07, 6.45) is -2.41. The topological polar surface area (TPSA) is 89.1 Å². The Hall–Kier alpha value is -2.86. The van der Waals surface area contributed by atoms with Crippen molar-refractivity contribution < 1.29 is 37.2 Å². The van der Waals surface area contributed by atoms with Crippen molar-refractivity contribution in [2.24, 2.45) is 0 Å². The molecule has 2 unspecified atom stereocenters. The number of H-pyrrole nitrogens is 1. The van der Waals surface area contributed by atoms with Crippen molar-refractivity contribution in [3.63, 3.8) is 0 Å². The Morgan fingerprint density at radius 2 is 1.76 bits per heavy atom. The summed E-state index contributed by atoms with van der Waals surface area (Å²) in [6.45, 7) is 2.31. The van der Waals surface area contributed by atoms with Gasteiger partial charge < -0.3 is 33.9 Å². The lowest BCUT2D eigenvalue weighted by atomic mass is 10.1. The molecule has 8 nitrogen and oxygen atoms in total. The molecule has 3 aromatic rings. The molecule has 3 aliphatic rings. The summed E-state index contributed by atoms with van der Waals surface area (Å²) in [6, 6.07) is 5.42. The molecule has 5 heterocycles. The van der Waals surface area contributed by atoms with E-state index in [1.54, 1.807) is 0 Å². The van der Waals surface area contributed by atoms with Crippen molar-refractivity contribution in [3.8, 4) is 17.1 Å². The van der Waals surface area contributed by atoms with Crippen molar-refractivity contribution in [2.45, 2.75) is 24.4 Å². The molecule has 0 aliphatic carbocycles. The third kappa shape index (κ3) is 3.59. The van der Waals surface area contributed by atoms with Gasteiger partial charge in [-0.2, -0.15) is 4.39 Å². The minimum atomic E-state index is -0.787. The van der Waals surface area contributed by atoms with E-state index in [1.165, 1.54) is 24.3 Å².